The van der Waals surface area contributed by atoms with Crippen LogP contribution >= 0.6 is 0 Å². The smallest absolute Gasteiger partial charge is 0.255 e. The van der Waals surface area contributed by atoms with Crippen LogP contribution in [0.3, 0.4) is 0 Å². The molecule has 2 aliphatic rings. The number of morpholine rings is 1. The van der Waals surface area contributed by atoms with Gasteiger partial charge in [-0.25, -0.2) is 13.4 Å². The van der Waals surface area contributed by atoms with E-state index < -0.39 is 9.84 Å². The molecule has 126 valence electrons. The van der Waals surface area contributed by atoms with Crippen LogP contribution < -0.4 is 4.90 Å². The number of sulfone groups is 1. The molecule has 1 aromatic heterocycles. The van der Waals surface area contributed by atoms with E-state index in [1.165, 1.54) is 4.90 Å². The largest absolute Gasteiger partial charge is 0.378 e. The Hall–Kier alpha value is -1.67. The van der Waals surface area contributed by atoms with Crippen molar-refractivity contribution in [3.63, 3.8) is 0 Å². The zero-order valence-corrected chi connectivity index (χ0v) is 14.0. The molecular weight excluding hydrogens is 318 g/mol. The Morgan fingerprint density at radius 2 is 2.09 bits per heavy atom. The van der Waals surface area contributed by atoms with Crippen molar-refractivity contribution in [3.8, 4) is 0 Å². The van der Waals surface area contributed by atoms with Crippen molar-refractivity contribution in [2.75, 3.05) is 49.8 Å². The van der Waals surface area contributed by atoms with E-state index in [-0.39, 0.29) is 23.5 Å². The number of aromatic nitrogens is 1. The molecule has 1 amide bonds. The van der Waals surface area contributed by atoms with Crippen LogP contribution in [-0.2, 0) is 14.6 Å². The molecule has 1 aromatic rings. The highest BCUT2D eigenvalue weighted by atomic mass is 32.2. The number of pyridine rings is 1. The van der Waals surface area contributed by atoms with Gasteiger partial charge in [0.05, 0.1) is 30.3 Å². The molecule has 7 nitrogen and oxygen atoms in total. The van der Waals surface area contributed by atoms with Gasteiger partial charge in [-0.05, 0) is 18.6 Å². The number of nitrogens with zero attached hydrogens (tertiary/aromatic N) is 3. The van der Waals surface area contributed by atoms with Crippen molar-refractivity contribution >= 4 is 21.6 Å². The normalized spacial score (nSPS) is 23.7. The highest BCUT2D eigenvalue weighted by Crippen LogP contribution is 2.19. The van der Waals surface area contributed by atoms with Crippen molar-refractivity contribution in [1.82, 2.24) is 9.88 Å². The molecule has 0 N–H and O–H groups in total. The van der Waals surface area contributed by atoms with Gasteiger partial charge in [-0.15, -0.1) is 0 Å². The summed E-state index contributed by atoms with van der Waals surface area (Å²) >= 11 is 0. The van der Waals surface area contributed by atoms with Crippen LogP contribution in [0.2, 0.25) is 0 Å². The van der Waals surface area contributed by atoms with Crippen LogP contribution in [0, 0.1) is 0 Å². The minimum atomic E-state index is -3.01. The summed E-state index contributed by atoms with van der Waals surface area (Å²) in [5.74, 6) is 0.849. The molecule has 0 unspecified atom stereocenters. The van der Waals surface area contributed by atoms with Crippen LogP contribution in [0.1, 0.15) is 16.8 Å². The van der Waals surface area contributed by atoms with Crippen LogP contribution in [0.5, 0.6) is 0 Å². The topological polar surface area (TPSA) is 79.8 Å². The fraction of sp³-hybridized carbons (Fsp3) is 0.600. The Morgan fingerprint density at radius 3 is 2.65 bits per heavy atom. The second-order valence-corrected chi connectivity index (χ2v) is 8.21. The van der Waals surface area contributed by atoms with Gasteiger partial charge in [0.1, 0.15) is 5.82 Å². The summed E-state index contributed by atoms with van der Waals surface area (Å²) in [6, 6.07) is 3.34. The van der Waals surface area contributed by atoms with Gasteiger partial charge in [0.2, 0.25) is 0 Å². The Kier molecular flexibility index (Phi) is 4.54. The second kappa shape index (κ2) is 6.45. The number of carbonyl (C=O) groups is 1. The predicted molar refractivity (Wildman–Crippen MR) is 86.4 cm³/mol. The highest BCUT2D eigenvalue weighted by Gasteiger charge is 2.33. The van der Waals surface area contributed by atoms with E-state index in [0.29, 0.717) is 25.2 Å². The fourth-order valence-corrected chi connectivity index (χ4v) is 4.72. The Balaban J connectivity index is 1.67. The quantitative estimate of drug-likeness (QED) is 0.781. The molecule has 2 aliphatic heterocycles. The zero-order valence-electron chi connectivity index (χ0n) is 13.1. The average molecular weight is 339 g/mol. The van der Waals surface area contributed by atoms with Crippen LogP contribution in [0.4, 0.5) is 5.82 Å². The van der Waals surface area contributed by atoms with Gasteiger partial charge in [0.15, 0.2) is 9.84 Å². The van der Waals surface area contributed by atoms with Crippen LogP contribution in [0.25, 0.3) is 0 Å². The SMILES string of the molecule is CN(C(=O)c1ccc(N2CCOCC2)nc1)[C@H]1CCS(=O)(=O)C1. The lowest BCUT2D eigenvalue weighted by Crippen LogP contribution is -2.38. The maximum absolute atomic E-state index is 12.5. The average Bonchev–Trinajstić information content (AvgIpc) is 2.94. The summed E-state index contributed by atoms with van der Waals surface area (Å²) in [5.41, 5.74) is 0.480. The van der Waals surface area contributed by atoms with Crippen LogP contribution in [-0.4, -0.2) is 75.1 Å². The molecule has 0 radical (unpaired) electrons. The van der Waals surface area contributed by atoms with Gasteiger partial charge in [-0.1, -0.05) is 0 Å². The summed E-state index contributed by atoms with van der Waals surface area (Å²) in [5, 5.41) is 0. The van der Waals surface area contributed by atoms with Crippen molar-refractivity contribution in [2.45, 2.75) is 12.5 Å². The van der Waals surface area contributed by atoms with Crippen molar-refractivity contribution in [3.05, 3.63) is 23.9 Å². The second-order valence-electron chi connectivity index (χ2n) is 5.98. The zero-order chi connectivity index (χ0) is 16.4. The molecule has 0 saturated carbocycles. The first kappa shape index (κ1) is 16.2. The third-order valence-electron chi connectivity index (χ3n) is 4.41. The van der Waals surface area contributed by atoms with Crippen LogP contribution in [0.15, 0.2) is 18.3 Å². The van der Waals surface area contributed by atoms with Gasteiger partial charge in [0.25, 0.3) is 5.91 Å². The molecule has 0 bridgehead atoms. The van der Waals surface area contributed by atoms with Gasteiger partial charge >= 0.3 is 0 Å². The molecule has 3 heterocycles. The van der Waals surface area contributed by atoms with Crippen molar-refractivity contribution < 1.29 is 17.9 Å². The van der Waals surface area contributed by atoms with Gasteiger partial charge in [-0.3, -0.25) is 4.79 Å². The summed E-state index contributed by atoms with van der Waals surface area (Å²) in [6.45, 7) is 2.95. The van der Waals surface area contributed by atoms with E-state index in [1.807, 2.05) is 6.07 Å². The molecule has 0 spiro atoms. The molecule has 8 heteroatoms. The lowest BCUT2D eigenvalue weighted by molar-refractivity contribution is 0.0747. The predicted octanol–water partition coefficient (Wildman–Crippen LogP) is 0.177. The molecule has 1 atom stereocenters. The van der Waals surface area contributed by atoms with Crippen molar-refractivity contribution in [1.29, 1.82) is 0 Å². The molecule has 2 fully saturated rings. The lowest BCUT2D eigenvalue weighted by Gasteiger charge is -2.28. The lowest BCUT2D eigenvalue weighted by atomic mass is 10.2. The van der Waals surface area contributed by atoms with E-state index in [1.54, 1.807) is 19.3 Å². The number of anilines is 1. The van der Waals surface area contributed by atoms with Gasteiger partial charge in [-0.2, -0.15) is 0 Å². The monoisotopic (exact) mass is 339 g/mol. The molecule has 23 heavy (non-hydrogen) atoms. The standard InChI is InChI=1S/C15H21N3O4S/c1-17(13-4-9-23(20,21)11-13)15(19)12-2-3-14(16-10-12)18-5-7-22-8-6-18/h2-3,10,13H,4-9,11H2,1H3/t13-/m0/s1. The highest BCUT2D eigenvalue weighted by molar-refractivity contribution is 7.91. The number of rotatable bonds is 3. The van der Waals surface area contributed by atoms with E-state index in [0.717, 1.165) is 18.9 Å². The van der Waals surface area contributed by atoms with Gasteiger partial charge in [0, 0.05) is 32.4 Å². The molecule has 0 aromatic carbocycles. The Labute approximate surface area is 136 Å². The third kappa shape index (κ3) is 3.64. The van der Waals surface area contributed by atoms with E-state index in [9.17, 15) is 13.2 Å². The number of amides is 1. The summed E-state index contributed by atoms with van der Waals surface area (Å²) in [4.78, 5) is 20.5. The minimum Gasteiger partial charge on any atom is -0.378 e. The first-order chi connectivity index (χ1) is 11.0. The number of hydrogen-bond donors (Lipinski definition) is 0. The molecular formula is C15H21N3O4S. The van der Waals surface area contributed by atoms with E-state index in [2.05, 4.69) is 9.88 Å². The van der Waals surface area contributed by atoms with Crippen molar-refractivity contribution in [2.24, 2.45) is 0 Å². The first-order valence-electron chi connectivity index (χ1n) is 7.72. The van der Waals surface area contributed by atoms with Gasteiger partial charge < -0.3 is 14.5 Å². The fourth-order valence-electron chi connectivity index (χ4n) is 2.94. The Morgan fingerprint density at radius 1 is 1.35 bits per heavy atom. The molecule has 3 rings (SSSR count). The van der Waals surface area contributed by atoms with E-state index in [4.69, 9.17) is 4.74 Å². The number of hydrogen-bond acceptors (Lipinski definition) is 6. The minimum absolute atomic E-state index is 0.0501. The summed E-state index contributed by atoms with van der Waals surface area (Å²) < 4.78 is 28.4. The maximum atomic E-state index is 12.5. The maximum Gasteiger partial charge on any atom is 0.255 e. The first-order valence-corrected chi connectivity index (χ1v) is 9.55. The van der Waals surface area contributed by atoms with E-state index >= 15 is 0 Å². The molecule has 2 saturated heterocycles. The number of ether oxygens (including phenoxy) is 1. The third-order valence-corrected chi connectivity index (χ3v) is 6.16. The molecule has 0 aliphatic carbocycles. The summed E-state index contributed by atoms with van der Waals surface area (Å²) in [7, 11) is -1.35. The summed E-state index contributed by atoms with van der Waals surface area (Å²) in [6.07, 6.45) is 2.07. The number of carbonyl (C=O) groups excluding carboxylic acids is 1. The Bertz CT molecular complexity index is 668.